The molecule has 2 heterocycles. The fourth-order valence-electron chi connectivity index (χ4n) is 3.36. The van der Waals surface area contributed by atoms with Crippen molar-refractivity contribution >= 4 is 50.7 Å². The van der Waals surface area contributed by atoms with Crippen LogP contribution in [-0.4, -0.2) is 28.4 Å². The molecule has 27 heavy (non-hydrogen) atoms. The third-order valence-corrected chi connectivity index (χ3v) is 6.56. The molecule has 0 aliphatic carbocycles. The first-order valence-electron chi connectivity index (χ1n) is 8.80. The minimum Gasteiger partial charge on any atom is -0.481 e. The van der Waals surface area contributed by atoms with Crippen LogP contribution in [0.1, 0.15) is 30.8 Å². The van der Waals surface area contributed by atoms with Gasteiger partial charge < -0.3 is 9.64 Å². The summed E-state index contributed by atoms with van der Waals surface area (Å²) in [6.07, 6.45) is 1.27. The van der Waals surface area contributed by atoms with E-state index in [0.29, 0.717) is 22.3 Å². The largest absolute Gasteiger partial charge is 0.481 e. The highest BCUT2D eigenvalue weighted by Gasteiger charge is 2.35. The van der Waals surface area contributed by atoms with Crippen LogP contribution in [0.4, 0.5) is 0 Å². The number of carbonyl (C=O) groups is 1. The summed E-state index contributed by atoms with van der Waals surface area (Å²) in [7, 11) is 0. The van der Waals surface area contributed by atoms with Crippen LogP contribution in [-0.2, 0) is 4.79 Å². The minimum atomic E-state index is -0.614. The predicted octanol–water partition coefficient (Wildman–Crippen LogP) is 5.73. The Balaban J connectivity index is 1.51. The van der Waals surface area contributed by atoms with Gasteiger partial charge in [-0.15, -0.1) is 11.3 Å². The van der Waals surface area contributed by atoms with E-state index in [-0.39, 0.29) is 11.9 Å². The van der Waals surface area contributed by atoms with Crippen molar-refractivity contribution in [2.24, 2.45) is 0 Å². The van der Waals surface area contributed by atoms with Gasteiger partial charge in [-0.25, -0.2) is 4.98 Å². The summed E-state index contributed by atoms with van der Waals surface area (Å²) < 4.78 is 6.96. The molecule has 4 rings (SSSR count). The first-order chi connectivity index (χ1) is 13.0. The van der Waals surface area contributed by atoms with Crippen LogP contribution in [0.3, 0.4) is 0 Å². The summed E-state index contributed by atoms with van der Waals surface area (Å²) in [6.45, 7) is 2.48. The Bertz CT molecular complexity index is 958. The van der Waals surface area contributed by atoms with Crippen molar-refractivity contribution in [2.45, 2.75) is 31.9 Å². The zero-order valence-corrected chi connectivity index (χ0v) is 17.0. The van der Waals surface area contributed by atoms with Crippen LogP contribution in [0, 0.1) is 0 Å². The fourth-order valence-corrected chi connectivity index (χ4v) is 4.76. The van der Waals surface area contributed by atoms with Gasteiger partial charge in [0.1, 0.15) is 10.8 Å². The van der Waals surface area contributed by atoms with Crippen LogP contribution < -0.4 is 4.74 Å². The Morgan fingerprint density at radius 3 is 2.85 bits per heavy atom. The Kier molecular flexibility index (Phi) is 5.26. The van der Waals surface area contributed by atoms with Crippen LogP contribution in [0.5, 0.6) is 5.75 Å². The average molecular weight is 421 g/mol. The summed E-state index contributed by atoms with van der Waals surface area (Å²) in [5.74, 6) is 0.490. The van der Waals surface area contributed by atoms with Gasteiger partial charge in [0, 0.05) is 12.6 Å². The maximum Gasteiger partial charge on any atom is 0.263 e. The molecule has 3 aromatic rings. The van der Waals surface area contributed by atoms with Gasteiger partial charge in [0.2, 0.25) is 0 Å². The number of aromatic nitrogens is 1. The molecule has 2 unspecified atom stereocenters. The van der Waals surface area contributed by atoms with E-state index in [1.54, 1.807) is 36.5 Å². The van der Waals surface area contributed by atoms with Crippen molar-refractivity contribution in [1.29, 1.82) is 0 Å². The average Bonchev–Trinajstić information content (AvgIpc) is 3.30. The molecule has 0 radical (unpaired) electrons. The van der Waals surface area contributed by atoms with E-state index >= 15 is 0 Å². The number of rotatable bonds is 4. The summed E-state index contributed by atoms with van der Waals surface area (Å²) in [5.41, 5.74) is 0.983. The molecule has 2 aromatic carbocycles. The third-order valence-electron chi connectivity index (χ3n) is 4.68. The molecule has 0 bridgehead atoms. The van der Waals surface area contributed by atoms with Gasteiger partial charge in [-0.1, -0.05) is 35.3 Å². The number of fused-ring (bicyclic) bond motifs is 1. The molecule has 1 aromatic heterocycles. The molecule has 1 amide bonds. The van der Waals surface area contributed by atoms with Crippen molar-refractivity contribution in [1.82, 2.24) is 9.88 Å². The van der Waals surface area contributed by atoms with Crippen LogP contribution in [0.2, 0.25) is 10.0 Å². The van der Waals surface area contributed by atoms with Gasteiger partial charge in [0.15, 0.2) is 6.10 Å². The zero-order valence-electron chi connectivity index (χ0n) is 14.7. The zero-order chi connectivity index (χ0) is 19.0. The Labute approximate surface area is 171 Å². The van der Waals surface area contributed by atoms with Gasteiger partial charge in [0.05, 0.1) is 26.3 Å². The van der Waals surface area contributed by atoms with Gasteiger partial charge in [0.25, 0.3) is 5.91 Å². The highest BCUT2D eigenvalue weighted by atomic mass is 35.5. The van der Waals surface area contributed by atoms with Crippen molar-refractivity contribution in [3.63, 3.8) is 0 Å². The molecule has 140 valence electrons. The molecular weight excluding hydrogens is 403 g/mol. The number of para-hydroxylation sites is 1. The Morgan fingerprint density at radius 2 is 2.07 bits per heavy atom. The summed E-state index contributed by atoms with van der Waals surface area (Å²) in [5, 5.41) is 1.85. The SMILES string of the molecule is CC(Oc1ccc(Cl)c(Cl)c1)C(=O)N1CCCC1c1nc2ccccc2s1. The lowest BCUT2D eigenvalue weighted by molar-refractivity contribution is -0.138. The van der Waals surface area contributed by atoms with Crippen molar-refractivity contribution in [2.75, 3.05) is 6.54 Å². The second kappa shape index (κ2) is 7.66. The van der Waals surface area contributed by atoms with Crippen LogP contribution in [0.15, 0.2) is 42.5 Å². The molecule has 1 saturated heterocycles. The van der Waals surface area contributed by atoms with Gasteiger partial charge in [-0.05, 0) is 44.0 Å². The molecule has 7 heteroatoms. The van der Waals surface area contributed by atoms with E-state index in [2.05, 4.69) is 6.07 Å². The molecule has 0 spiro atoms. The smallest absolute Gasteiger partial charge is 0.263 e. The number of halogens is 2. The first-order valence-corrected chi connectivity index (χ1v) is 10.4. The highest BCUT2D eigenvalue weighted by Crippen LogP contribution is 2.37. The second-order valence-corrected chi connectivity index (χ2v) is 8.42. The molecule has 0 saturated carbocycles. The number of nitrogens with zero attached hydrogens (tertiary/aromatic N) is 2. The lowest BCUT2D eigenvalue weighted by atomic mass is 10.2. The number of likely N-dealkylation sites (tertiary alicyclic amines) is 1. The van der Waals surface area contributed by atoms with E-state index in [9.17, 15) is 4.79 Å². The number of amides is 1. The Morgan fingerprint density at radius 1 is 1.26 bits per heavy atom. The van der Waals surface area contributed by atoms with E-state index < -0.39 is 6.10 Å². The minimum absolute atomic E-state index is 0.00903. The van der Waals surface area contributed by atoms with E-state index in [0.717, 1.165) is 28.1 Å². The molecule has 1 fully saturated rings. The molecule has 2 atom stereocenters. The van der Waals surface area contributed by atoms with E-state index in [1.807, 2.05) is 23.1 Å². The lowest BCUT2D eigenvalue weighted by Crippen LogP contribution is -2.40. The van der Waals surface area contributed by atoms with E-state index in [4.69, 9.17) is 32.9 Å². The number of carbonyl (C=O) groups excluding carboxylic acids is 1. The maximum atomic E-state index is 13.0. The standard InChI is InChI=1S/C20H18Cl2N2O2S/c1-12(26-13-8-9-14(21)15(22)11-13)20(25)24-10-4-6-17(24)19-23-16-5-2-3-7-18(16)27-19/h2-3,5,7-9,11-12,17H,4,6,10H2,1H3. The molecule has 1 aliphatic heterocycles. The Hall–Kier alpha value is -1.82. The molecular formula is C20H18Cl2N2O2S. The van der Waals surface area contributed by atoms with Crippen LogP contribution in [0.25, 0.3) is 10.2 Å². The number of hydrogen-bond donors (Lipinski definition) is 0. The third kappa shape index (κ3) is 3.77. The topological polar surface area (TPSA) is 42.4 Å². The number of hydrogen-bond acceptors (Lipinski definition) is 4. The van der Waals surface area contributed by atoms with Gasteiger partial charge >= 0.3 is 0 Å². The first kappa shape index (κ1) is 18.5. The maximum absolute atomic E-state index is 13.0. The van der Waals surface area contributed by atoms with Crippen molar-refractivity contribution in [3.05, 3.63) is 57.5 Å². The van der Waals surface area contributed by atoms with Crippen LogP contribution >= 0.6 is 34.5 Å². The number of benzene rings is 2. The highest BCUT2D eigenvalue weighted by molar-refractivity contribution is 7.18. The van der Waals surface area contributed by atoms with Gasteiger partial charge in [-0.3, -0.25) is 4.79 Å². The van der Waals surface area contributed by atoms with Crippen molar-refractivity contribution in [3.8, 4) is 5.75 Å². The fraction of sp³-hybridized carbons (Fsp3) is 0.300. The molecule has 1 aliphatic rings. The number of ether oxygens (including phenoxy) is 1. The molecule has 4 nitrogen and oxygen atoms in total. The summed E-state index contributed by atoms with van der Waals surface area (Å²) in [6, 6.07) is 13.1. The molecule has 0 N–H and O–H groups in total. The second-order valence-electron chi connectivity index (χ2n) is 6.55. The monoisotopic (exact) mass is 420 g/mol. The normalized spacial score (nSPS) is 18.0. The predicted molar refractivity (Wildman–Crippen MR) is 110 cm³/mol. The summed E-state index contributed by atoms with van der Waals surface area (Å²) >= 11 is 13.6. The van der Waals surface area contributed by atoms with E-state index in [1.165, 1.54) is 0 Å². The lowest BCUT2D eigenvalue weighted by Gasteiger charge is -2.26. The summed E-state index contributed by atoms with van der Waals surface area (Å²) in [4.78, 5) is 19.7. The quantitative estimate of drug-likeness (QED) is 0.540. The number of thiazole rings is 1. The van der Waals surface area contributed by atoms with Crippen molar-refractivity contribution < 1.29 is 9.53 Å². The van der Waals surface area contributed by atoms with Gasteiger partial charge in [-0.2, -0.15) is 0 Å².